The van der Waals surface area contributed by atoms with Crippen LogP contribution in [0.15, 0.2) is 24.3 Å². The number of halogens is 1. The van der Waals surface area contributed by atoms with Crippen LogP contribution in [0.2, 0.25) is 5.02 Å². The van der Waals surface area contributed by atoms with Crippen LogP contribution >= 0.6 is 11.6 Å². The molecule has 1 atom stereocenters. The molecule has 1 unspecified atom stereocenters. The predicted molar refractivity (Wildman–Crippen MR) is 104 cm³/mol. The van der Waals surface area contributed by atoms with Gasteiger partial charge in [-0.1, -0.05) is 11.6 Å². The van der Waals surface area contributed by atoms with Gasteiger partial charge in [0.05, 0.1) is 19.3 Å². The number of aromatic nitrogens is 2. The van der Waals surface area contributed by atoms with Gasteiger partial charge in [-0.15, -0.1) is 0 Å². The van der Waals surface area contributed by atoms with Crippen LogP contribution in [-0.2, 0) is 0 Å². The standard InChI is InChI=1S/C19H23ClN4O3/c1-12-9-18(22-13(2)21-12)27-15-5-4-8-24(11-15)19(25)23-16-10-14(20)6-7-17(16)26-3/h6-7,9-10,15H,4-5,8,11H2,1-3H3,(H,23,25). The zero-order valence-corrected chi connectivity index (χ0v) is 16.4. The molecule has 0 radical (unpaired) electrons. The van der Waals surface area contributed by atoms with Crippen LogP contribution in [0.1, 0.15) is 24.4 Å². The second-order valence-corrected chi connectivity index (χ2v) is 6.93. The molecule has 2 amide bonds. The number of nitrogens with zero attached hydrogens (tertiary/aromatic N) is 3. The van der Waals surface area contributed by atoms with Crippen LogP contribution in [0.4, 0.5) is 10.5 Å². The second kappa shape index (κ2) is 8.43. The van der Waals surface area contributed by atoms with Crippen LogP contribution in [0.25, 0.3) is 0 Å². The Morgan fingerprint density at radius 2 is 2.11 bits per heavy atom. The van der Waals surface area contributed by atoms with E-state index in [1.807, 2.05) is 19.9 Å². The Labute approximate surface area is 163 Å². The fraction of sp³-hybridized carbons (Fsp3) is 0.421. The Morgan fingerprint density at radius 3 is 2.85 bits per heavy atom. The highest BCUT2D eigenvalue weighted by atomic mass is 35.5. The number of hydrogen-bond acceptors (Lipinski definition) is 5. The molecule has 1 aromatic carbocycles. The molecule has 1 aliphatic heterocycles. The van der Waals surface area contributed by atoms with Crippen LogP contribution < -0.4 is 14.8 Å². The molecule has 0 aliphatic carbocycles. The van der Waals surface area contributed by atoms with Crippen molar-refractivity contribution in [3.05, 3.63) is 40.8 Å². The number of carbonyl (C=O) groups excluding carboxylic acids is 1. The minimum Gasteiger partial charge on any atom is -0.495 e. The lowest BCUT2D eigenvalue weighted by atomic mass is 10.1. The molecule has 7 nitrogen and oxygen atoms in total. The van der Waals surface area contributed by atoms with E-state index in [2.05, 4.69) is 15.3 Å². The quantitative estimate of drug-likeness (QED) is 0.858. The second-order valence-electron chi connectivity index (χ2n) is 6.50. The van der Waals surface area contributed by atoms with Gasteiger partial charge in [0.2, 0.25) is 5.88 Å². The highest BCUT2D eigenvalue weighted by Crippen LogP contribution is 2.28. The van der Waals surface area contributed by atoms with E-state index in [0.717, 1.165) is 18.5 Å². The molecular formula is C19H23ClN4O3. The summed E-state index contributed by atoms with van der Waals surface area (Å²) in [6, 6.07) is 6.71. The maximum absolute atomic E-state index is 12.7. The number of aryl methyl sites for hydroxylation is 2. The third-order valence-corrected chi connectivity index (χ3v) is 4.53. The number of ether oxygens (including phenoxy) is 2. The zero-order valence-electron chi connectivity index (χ0n) is 15.7. The maximum atomic E-state index is 12.7. The number of benzene rings is 1. The molecule has 0 saturated carbocycles. The average molecular weight is 391 g/mol. The third-order valence-electron chi connectivity index (χ3n) is 4.30. The number of piperidine rings is 1. The Bertz CT molecular complexity index is 810. The number of anilines is 1. The van der Waals surface area contributed by atoms with E-state index in [1.165, 1.54) is 0 Å². The lowest BCUT2D eigenvalue weighted by Crippen LogP contribution is -2.46. The highest BCUT2D eigenvalue weighted by Gasteiger charge is 2.26. The fourth-order valence-electron chi connectivity index (χ4n) is 3.11. The largest absolute Gasteiger partial charge is 0.495 e. The lowest BCUT2D eigenvalue weighted by Gasteiger charge is -2.32. The average Bonchev–Trinajstić information content (AvgIpc) is 2.61. The summed E-state index contributed by atoms with van der Waals surface area (Å²) < 4.78 is 11.3. The first kappa shape index (κ1) is 19.2. The van der Waals surface area contributed by atoms with Gasteiger partial charge in [0.15, 0.2) is 0 Å². The first-order valence-corrected chi connectivity index (χ1v) is 9.21. The molecule has 2 heterocycles. The number of urea groups is 1. The lowest BCUT2D eigenvalue weighted by molar-refractivity contribution is 0.102. The smallest absolute Gasteiger partial charge is 0.322 e. The van der Waals surface area contributed by atoms with Crippen LogP contribution in [0.3, 0.4) is 0 Å². The Morgan fingerprint density at radius 1 is 1.30 bits per heavy atom. The van der Waals surface area contributed by atoms with Crippen molar-refractivity contribution < 1.29 is 14.3 Å². The first-order chi connectivity index (χ1) is 12.9. The van der Waals surface area contributed by atoms with Crippen LogP contribution in [-0.4, -0.2) is 47.2 Å². The first-order valence-electron chi connectivity index (χ1n) is 8.83. The van der Waals surface area contributed by atoms with Gasteiger partial charge in [-0.2, -0.15) is 4.98 Å². The van der Waals surface area contributed by atoms with Gasteiger partial charge in [-0.3, -0.25) is 0 Å². The van der Waals surface area contributed by atoms with Crippen molar-refractivity contribution in [2.75, 3.05) is 25.5 Å². The summed E-state index contributed by atoms with van der Waals surface area (Å²) >= 11 is 6.03. The van der Waals surface area contributed by atoms with Crippen LogP contribution in [0.5, 0.6) is 11.6 Å². The van der Waals surface area contributed by atoms with Gasteiger partial charge in [0, 0.05) is 23.3 Å². The van der Waals surface area contributed by atoms with E-state index >= 15 is 0 Å². The third kappa shape index (κ3) is 5.01. The van der Waals surface area contributed by atoms with Crippen molar-refractivity contribution in [1.82, 2.24) is 14.9 Å². The molecule has 1 N–H and O–H groups in total. The van der Waals surface area contributed by atoms with Crippen LogP contribution in [0, 0.1) is 13.8 Å². The van der Waals surface area contributed by atoms with Gasteiger partial charge < -0.3 is 19.7 Å². The van der Waals surface area contributed by atoms with Gasteiger partial charge >= 0.3 is 6.03 Å². The fourth-order valence-corrected chi connectivity index (χ4v) is 3.28. The minimum atomic E-state index is -0.209. The summed E-state index contributed by atoms with van der Waals surface area (Å²) in [6.07, 6.45) is 1.61. The number of nitrogens with one attached hydrogen (secondary N) is 1. The number of rotatable bonds is 4. The van der Waals surface area contributed by atoms with E-state index in [-0.39, 0.29) is 12.1 Å². The summed E-state index contributed by atoms with van der Waals surface area (Å²) in [6.45, 7) is 4.88. The van der Waals surface area contributed by atoms with Crippen molar-refractivity contribution in [2.45, 2.75) is 32.8 Å². The summed E-state index contributed by atoms with van der Waals surface area (Å²) in [5.41, 5.74) is 1.40. The van der Waals surface area contributed by atoms with Gasteiger partial charge in [-0.05, 0) is 44.9 Å². The topological polar surface area (TPSA) is 76.6 Å². The predicted octanol–water partition coefficient (Wildman–Crippen LogP) is 3.83. The van der Waals surface area contributed by atoms with Gasteiger partial charge in [-0.25, -0.2) is 9.78 Å². The number of hydrogen-bond donors (Lipinski definition) is 1. The van der Waals surface area contributed by atoms with Crippen molar-refractivity contribution in [1.29, 1.82) is 0 Å². The number of methoxy groups -OCH3 is 1. The molecule has 144 valence electrons. The van der Waals surface area contributed by atoms with Gasteiger partial charge in [0.25, 0.3) is 0 Å². The van der Waals surface area contributed by atoms with Gasteiger partial charge in [0.1, 0.15) is 17.7 Å². The molecule has 1 aromatic heterocycles. The molecule has 8 heteroatoms. The molecule has 1 aliphatic rings. The summed E-state index contributed by atoms with van der Waals surface area (Å²) in [4.78, 5) is 23.0. The van der Waals surface area contributed by atoms with Crippen molar-refractivity contribution in [3.63, 3.8) is 0 Å². The van der Waals surface area contributed by atoms with E-state index < -0.39 is 0 Å². The zero-order chi connectivity index (χ0) is 19.4. The normalized spacial score (nSPS) is 16.7. The molecule has 2 aromatic rings. The molecule has 1 saturated heterocycles. The molecule has 3 rings (SSSR count). The molecule has 0 spiro atoms. The Kier molecular flexibility index (Phi) is 6.01. The van der Waals surface area contributed by atoms with Crippen molar-refractivity contribution in [3.8, 4) is 11.6 Å². The summed E-state index contributed by atoms with van der Waals surface area (Å²) in [5, 5.41) is 3.40. The number of amides is 2. The minimum absolute atomic E-state index is 0.112. The Hall–Kier alpha value is -2.54. The molecule has 0 bridgehead atoms. The monoisotopic (exact) mass is 390 g/mol. The Balaban J connectivity index is 1.65. The van der Waals surface area contributed by atoms with E-state index in [9.17, 15) is 4.79 Å². The molecular weight excluding hydrogens is 368 g/mol. The highest BCUT2D eigenvalue weighted by molar-refractivity contribution is 6.31. The SMILES string of the molecule is COc1ccc(Cl)cc1NC(=O)N1CCCC(Oc2cc(C)nc(C)n2)C1. The number of likely N-dealkylation sites (tertiary alicyclic amines) is 1. The maximum Gasteiger partial charge on any atom is 0.322 e. The van der Waals surface area contributed by atoms with E-state index in [4.69, 9.17) is 21.1 Å². The summed E-state index contributed by atoms with van der Waals surface area (Å²) in [7, 11) is 1.55. The molecule has 1 fully saturated rings. The van der Waals surface area contributed by atoms with E-state index in [1.54, 1.807) is 30.2 Å². The number of carbonyl (C=O) groups is 1. The van der Waals surface area contributed by atoms with Crippen molar-refractivity contribution in [2.24, 2.45) is 0 Å². The van der Waals surface area contributed by atoms with Crippen molar-refractivity contribution >= 4 is 23.3 Å². The van der Waals surface area contributed by atoms with E-state index in [0.29, 0.717) is 41.3 Å². The summed E-state index contributed by atoms with van der Waals surface area (Å²) in [5.74, 6) is 1.77. The molecule has 27 heavy (non-hydrogen) atoms.